The Morgan fingerprint density at radius 1 is 1.36 bits per heavy atom. The highest BCUT2D eigenvalue weighted by Gasteiger charge is 1.98. The van der Waals surface area contributed by atoms with Gasteiger partial charge in [0.2, 0.25) is 0 Å². The molecule has 0 unspecified atom stereocenters. The summed E-state index contributed by atoms with van der Waals surface area (Å²) in [6, 6.07) is 6.37. The van der Waals surface area contributed by atoms with E-state index < -0.39 is 0 Å². The van der Waals surface area contributed by atoms with Crippen LogP contribution in [0.5, 0.6) is 0 Å². The molecule has 0 radical (unpaired) electrons. The van der Waals surface area contributed by atoms with E-state index in [0.29, 0.717) is 5.17 Å². The fraction of sp³-hybridized carbons (Fsp3) is 0.300. The molecule has 0 aliphatic rings. The Morgan fingerprint density at radius 2 is 2.07 bits per heavy atom. The molecule has 1 rings (SSSR count). The van der Waals surface area contributed by atoms with Gasteiger partial charge in [-0.25, -0.2) is 0 Å². The molecular weight excluding hydrogens is 194 g/mol. The Kier molecular flexibility index (Phi) is 3.83. The molecule has 0 saturated carbocycles. The first-order valence-electron chi connectivity index (χ1n) is 4.35. The van der Waals surface area contributed by atoms with Crippen LogP contribution in [0.25, 0.3) is 0 Å². The van der Waals surface area contributed by atoms with Crippen LogP contribution in [-0.2, 0) is 5.75 Å². The van der Waals surface area contributed by atoms with Crippen molar-refractivity contribution in [1.82, 2.24) is 0 Å². The lowest BCUT2D eigenvalue weighted by Crippen LogP contribution is -2.09. The van der Waals surface area contributed by atoms with E-state index in [9.17, 15) is 0 Å². The maximum Gasteiger partial charge on any atom is 0.177 e. The number of amidine groups is 1. The van der Waals surface area contributed by atoms with E-state index in [1.807, 2.05) is 0 Å². The minimum absolute atomic E-state index is 0.420. The molecule has 14 heavy (non-hydrogen) atoms. The van der Waals surface area contributed by atoms with Gasteiger partial charge in [-0.15, -0.1) is 0 Å². The molecule has 0 spiro atoms. The Labute approximate surface area is 88.6 Å². The minimum atomic E-state index is 0.420. The summed E-state index contributed by atoms with van der Waals surface area (Å²) in [6.07, 6.45) is 0. The SMILES string of the molecule is Cc1ccc(CS/C(N)=N\N)cc1C. The number of hydrogen-bond donors (Lipinski definition) is 2. The normalized spacial score (nSPS) is 11.7. The van der Waals surface area contributed by atoms with Crippen molar-refractivity contribution < 1.29 is 0 Å². The van der Waals surface area contributed by atoms with Crippen molar-refractivity contribution in [2.75, 3.05) is 0 Å². The highest BCUT2D eigenvalue weighted by Crippen LogP contribution is 2.15. The zero-order chi connectivity index (χ0) is 10.6. The summed E-state index contributed by atoms with van der Waals surface area (Å²) in [5.74, 6) is 5.85. The maximum absolute atomic E-state index is 5.48. The fourth-order valence-electron chi connectivity index (χ4n) is 1.09. The Bertz CT molecular complexity index is 347. The van der Waals surface area contributed by atoms with Gasteiger partial charge >= 0.3 is 0 Å². The van der Waals surface area contributed by atoms with Crippen molar-refractivity contribution in [1.29, 1.82) is 0 Å². The zero-order valence-electron chi connectivity index (χ0n) is 8.45. The van der Waals surface area contributed by atoms with Gasteiger partial charge in [0.15, 0.2) is 5.17 Å². The number of hydrogen-bond acceptors (Lipinski definition) is 3. The van der Waals surface area contributed by atoms with Crippen LogP contribution in [0.4, 0.5) is 0 Å². The lowest BCUT2D eigenvalue weighted by atomic mass is 10.1. The number of thioether (sulfide) groups is 1. The summed E-state index contributed by atoms with van der Waals surface area (Å²) < 4.78 is 0. The number of hydrazone groups is 1. The molecule has 3 nitrogen and oxygen atoms in total. The topological polar surface area (TPSA) is 64.4 Å². The minimum Gasteiger partial charge on any atom is -0.377 e. The van der Waals surface area contributed by atoms with E-state index in [0.717, 1.165) is 5.75 Å². The van der Waals surface area contributed by atoms with Crippen LogP contribution in [0.1, 0.15) is 16.7 Å². The summed E-state index contributed by atoms with van der Waals surface area (Å²) in [5, 5.41) is 3.82. The Morgan fingerprint density at radius 3 is 2.64 bits per heavy atom. The molecule has 0 bridgehead atoms. The van der Waals surface area contributed by atoms with Crippen LogP contribution in [-0.4, -0.2) is 5.17 Å². The van der Waals surface area contributed by atoms with Crippen molar-refractivity contribution in [3.05, 3.63) is 34.9 Å². The fourth-order valence-corrected chi connectivity index (χ4v) is 1.66. The number of nitrogens with two attached hydrogens (primary N) is 2. The first kappa shape index (κ1) is 10.9. The van der Waals surface area contributed by atoms with Crippen LogP contribution < -0.4 is 11.6 Å². The molecule has 76 valence electrons. The van der Waals surface area contributed by atoms with Crippen LogP contribution in [0.2, 0.25) is 0 Å². The molecule has 4 N–H and O–H groups in total. The van der Waals surface area contributed by atoms with Gasteiger partial charge in [-0.1, -0.05) is 30.0 Å². The van der Waals surface area contributed by atoms with Gasteiger partial charge < -0.3 is 11.6 Å². The van der Waals surface area contributed by atoms with Gasteiger partial charge in [0.05, 0.1) is 0 Å². The quantitative estimate of drug-likeness (QED) is 0.337. The lowest BCUT2D eigenvalue weighted by Gasteiger charge is -2.04. The molecule has 1 aromatic carbocycles. The largest absolute Gasteiger partial charge is 0.377 e. The van der Waals surface area contributed by atoms with Crippen molar-refractivity contribution in [3.63, 3.8) is 0 Å². The van der Waals surface area contributed by atoms with Crippen molar-refractivity contribution in [2.45, 2.75) is 19.6 Å². The van der Waals surface area contributed by atoms with Crippen LogP contribution in [0.15, 0.2) is 23.3 Å². The number of nitrogens with zero attached hydrogens (tertiary/aromatic N) is 1. The smallest absolute Gasteiger partial charge is 0.177 e. The standard InChI is InChI=1S/C10H15N3S/c1-7-3-4-9(5-8(7)2)6-14-10(11)13-12/h3-5H,6,12H2,1-2H3,(H2,11,13). The average Bonchev–Trinajstić information content (AvgIpc) is 2.19. The molecule has 0 saturated heterocycles. The molecule has 4 heteroatoms. The summed E-state index contributed by atoms with van der Waals surface area (Å²) in [7, 11) is 0. The van der Waals surface area contributed by atoms with E-state index in [2.05, 4.69) is 37.1 Å². The van der Waals surface area contributed by atoms with Gasteiger partial charge in [-0.2, -0.15) is 5.10 Å². The van der Waals surface area contributed by atoms with Gasteiger partial charge in [-0.05, 0) is 30.5 Å². The number of benzene rings is 1. The predicted molar refractivity (Wildman–Crippen MR) is 63.0 cm³/mol. The van der Waals surface area contributed by atoms with E-state index in [4.69, 9.17) is 11.6 Å². The first-order valence-corrected chi connectivity index (χ1v) is 5.34. The third kappa shape index (κ3) is 2.96. The maximum atomic E-state index is 5.48. The zero-order valence-corrected chi connectivity index (χ0v) is 9.27. The third-order valence-corrected chi connectivity index (χ3v) is 2.96. The van der Waals surface area contributed by atoms with Crippen LogP contribution in [0.3, 0.4) is 0 Å². The van der Waals surface area contributed by atoms with Gasteiger partial charge in [0, 0.05) is 5.75 Å². The highest BCUT2D eigenvalue weighted by atomic mass is 32.2. The van der Waals surface area contributed by atoms with Crippen molar-refractivity contribution >= 4 is 16.9 Å². The molecule has 1 aromatic rings. The summed E-state index contributed by atoms with van der Waals surface area (Å²) >= 11 is 1.45. The summed E-state index contributed by atoms with van der Waals surface area (Å²) in [5.41, 5.74) is 9.32. The lowest BCUT2D eigenvalue weighted by molar-refractivity contribution is 1.25. The Balaban J connectivity index is 2.64. The number of aryl methyl sites for hydroxylation is 2. The van der Waals surface area contributed by atoms with E-state index in [1.54, 1.807) is 0 Å². The highest BCUT2D eigenvalue weighted by molar-refractivity contribution is 8.13. The average molecular weight is 209 g/mol. The molecular formula is C10H15N3S. The van der Waals surface area contributed by atoms with Crippen LogP contribution in [0, 0.1) is 13.8 Å². The van der Waals surface area contributed by atoms with Gasteiger partial charge in [0.1, 0.15) is 0 Å². The van der Waals surface area contributed by atoms with Crippen molar-refractivity contribution in [2.24, 2.45) is 16.7 Å². The first-order chi connectivity index (χ1) is 6.63. The van der Waals surface area contributed by atoms with E-state index in [1.165, 1.54) is 28.5 Å². The van der Waals surface area contributed by atoms with E-state index in [-0.39, 0.29) is 0 Å². The van der Waals surface area contributed by atoms with E-state index >= 15 is 0 Å². The predicted octanol–water partition coefficient (Wildman–Crippen LogP) is 1.73. The molecule has 0 aliphatic carbocycles. The second kappa shape index (κ2) is 4.91. The van der Waals surface area contributed by atoms with Crippen LogP contribution >= 0.6 is 11.8 Å². The third-order valence-electron chi connectivity index (χ3n) is 2.09. The Hall–Kier alpha value is -1.16. The molecule has 0 amide bonds. The second-order valence-corrected chi connectivity index (χ2v) is 4.17. The summed E-state index contributed by atoms with van der Waals surface area (Å²) in [6.45, 7) is 4.20. The van der Waals surface area contributed by atoms with Crippen molar-refractivity contribution in [3.8, 4) is 0 Å². The van der Waals surface area contributed by atoms with Gasteiger partial charge in [0.25, 0.3) is 0 Å². The molecule has 0 aliphatic heterocycles. The molecule has 0 atom stereocenters. The molecule has 0 aromatic heterocycles. The second-order valence-electron chi connectivity index (χ2n) is 3.17. The monoisotopic (exact) mass is 209 g/mol. The van der Waals surface area contributed by atoms with Gasteiger partial charge in [-0.3, -0.25) is 0 Å². The molecule has 0 heterocycles. The number of rotatable bonds is 2. The molecule has 0 fully saturated rings. The summed E-state index contributed by atoms with van der Waals surface area (Å²) in [4.78, 5) is 0.